The number of benzene rings is 1. The van der Waals surface area contributed by atoms with E-state index in [1.54, 1.807) is 0 Å². The summed E-state index contributed by atoms with van der Waals surface area (Å²) >= 11 is 0. The molecular weight excluding hydrogens is 320 g/mol. The summed E-state index contributed by atoms with van der Waals surface area (Å²) in [5.74, 6) is 0.806. The van der Waals surface area contributed by atoms with E-state index < -0.39 is 0 Å². The van der Waals surface area contributed by atoms with Gasteiger partial charge in [-0.25, -0.2) is 9.97 Å². The van der Waals surface area contributed by atoms with Crippen molar-refractivity contribution in [1.29, 1.82) is 0 Å². The minimum Gasteiger partial charge on any atom is -0.320 e. The molecule has 1 aromatic carbocycles. The number of rotatable bonds is 2. The lowest BCUT2D eigenvalue weighted by Crippen LogP contribution is -2.21. The molecule has 0 unspecified atom stereocenters. The Morgan fingerprint density at radius 2 is 1.81 bits per heavy atom. The van der Waals surface area contributed by atoms with Crippen LogP contribution in [0.5, 0.6) is 0 Å². The minimum atomic E-state index is 0.806. The molecule has 0 saturated heterocycles. The molecule has 0 fully saturated rings. The second-order valence-electron chi connectivity index (χ2n) is 7.45. The molecule has 3 aromatic rings. The topological polar surface area (TPSA) is 34.0 Å². The summed E-state index contributed by atoms with van der Waals surface area (Å²) in [4.78, 5) is 11.1. The molecule has 26 heavy (non-hydrogen) atoms. The van der Waals surface area contributed by atoms with Crippen LogP contribution in [0.4, 0.5) is 0 Å². The molecule has 0 bridgehead atoms. The maximum absolute atomic E-state index is 4.35. The minimum absolute atomic E-state index is 0.806. The Hall–Kier alpha value is -2.46. The van der Waals surface area contributed by atoms with E-state index in [9.17, 15) is 0 Å². The predicted octanol–water partition coefficient (Wildman–Crippen LogP) is 4.10. The van der Waals surface area contributed by atoms with E-state index in [4.69, 9.17) is 0 Å². The highest BCUT2D eigenvalue weighted by Crippen LogP contribution is 2.31. The van der Waals surface area contributed by atoms with Crippen molar-refractivity contribution in [3.8, 4) is 0 Å². The standard InChI is InChI=1S/C22H26N4/c1-15-5-6-21-20(11-15)19-7-9-25(4)10-8-22(19)26(21)14-16(2)18-12-23-17(3)24-13-18/h5-6,11-14H,7-10H2,1-4H3. The molecule has 0 spiro atoms. The Kier molecular flexibility index (Phi) is 4.37. The first-order chi connectivity index (χ1) is 12.5. The molecule has 0 atom stereocenters. The summed E-state index contributed by atoms with van der Waals surface area (Å²) in [7, 11) is 2.22. The van der Waals surface area contributed by atoms with Crippen LogP contribution in [0.15, 0.2) is 30.6 Å². The number of fused-ring (bicyclic) bond motifs is 3. The highest BCUT2D eigenvalue weighted by molar-refractivity contribution is 5.90. The summed E-state index contributed by atoms with van der Waals surface area (Å²) in [6.45, 7) is 8.46. The average molecular weight is 346 g/mol. The fourth-order valence-electron chi connectivity index (χ4n) is 3.82. The third kappa shape index (κ3) is 3.06. The first kappa shape index (κ1) is 17.0. The number of likely N-dealkylation sites (N-methyl/N-ethyl adjacent to an activating group) is 1. The molecule has 0 saturated carbocycles. The van der Waals surface area contributed by atoms with Crippen molar-refractivity contribution < 1.29 is 0 Å². The zero-order valence-corrected chi connectivity index (χ0v) is 16.1. The van der Waals surface area contributed by atoms with Crippen LogP contribution in [-0.2, 0) is 12.8 Å². The fourth-order valence-corrected chi connectivity index (χ4v) is 3.82. The highest BCUT2D eigenvalue weighted by atomic mass is 15.1. The van der Waals surface area contributed by atoms with E-state index in [-0.39, 0.29) is 0 Å². The average Bonchev–Trinajstić information content (AvgIpc) is 2.76. The maximum atomic E-state index is 4.35. The monoisotopic (exact) mass is 346 g/mol. The Bertz CT molecular complexity index is 980. The SMILES string of the molecule is CC(=Cn1c2c(c3cc(C)ccc31)CCN(C)CC2)c1cnc(C)nc1. The van der Waals surface area contributed by atoms with Gasteiger partial charge in [-0.3, -0.25) is 0 Å². The second-order valence-corrected chi connectivity index (χ2v) is 7.45. The molecule has 1 aliphatic heterocycles. The number of aryl methyl sites for hydroxylation is 2. The molecule has 4 heteroatoms. The lowest BCUT2D eigenvalue weighted by Gasteiger charge is -2.13. The van der Waals surface area contributed by atoms with Gasteiger partial charge in [-0.05, 0) is 57.5 Å². The molecule has 0 amide bonds. The Morgan fingerprint density at radius 3 is 2.58 bits per heavy atom. The second kappa shape index (κ2) is 6.69. The lowest BCUT2D eigenvalue weighted by molar-refractivity contribution is 0.351. The summed E-state index contributed by atoms with van der Waals surface area (Å²) in [6.07, 6.45) is 8.27. The van der Waals surface area contributed by atoms with Crippen molar-refractivity contribution in [2.45, 2.75) is 33.6 Å². The van der Waals surface area contributed by atoms with Gasteiger partial charge in [0.15, 0.2) is 0 Å². The molecule has 1 aliphatic rings. The van der Waals surface area contributed by atoms with Gasteiger partial charge in [0.25, 0.3) is 0 Å². The molecule has 4 nitrogen and oxygen atoms in total. The Labute approximate surface area is 155 Å². The van der Waals surface area contributed by atoms with E-state index in [1.807, 2.05) is 19.3 Å². The van der Waals surface area contributed by atoms with Crippen LogP contribution < -0.4 is 0 Å². The number of nitrogens with zero attached hydrogens (tertiary/aromatic N) is 4. The molecule has 0 N–H and O–H groups in total. The van der Waals surface area contributed by atoms with Crippen molar-refractivity contribution in [3.05, 3.63) is 58.8 Å². The van der Waals surface area contributed by atoms with E-state index in [0.717, 1.165) is 37.3 Å². The van der Waals surface area contributed by atoms with Gasteiger partial charge in [-0.2, -0.15) is 0 Å². The van der Waals surface area contributed by atoms with E-state index >= 15 is 0 Å². The number of allylic oxidation sites excluding steroid dienone is 1. The lowest BCUT2D eigenvalue weighted by atomic mass is 10.1. The molecule has 0 aliphatic carbocycles. The molecule has 0 radical (unpaired) electrons. The van der Waals surface area contributed by atoms with Gasteiger partial charge >= 0.3 is 0 Å². The van der Waals surface area contributed by atoms with Crippen molar-refractivity contribution in [2.75, 3.05) is 20.1 Å². The van der Waals surface area contributed by atoms with Crippen molar-refractivity contribution in [1.82, 2.24) is 19.4 Å². The van der Waals surface area contributed by atoms with Gasteiger partial charge in [-0.15, -0.1) is 0 Å². The summed E-state index contributed by atoms with van der Waals surface area (Å²) in [5, 5.41) is 1.40. The van der Waals surface area contributed by atoms with Crippen LogP contribution >= 0.6 is 0 Å². The van der Waals surface area contributed by atoms with Crippen molar-refractivity contribution >= 4 is 22.7 Å². The van der Waals surface area contributed by atoms with Crippen LogP contribution in [-0.4, -0.2) is 39.6 Å². The third-order valence-electron chi connectivity index (χ3n) is 5.41. The molecule has 4 rings (SSSR count). The van der Waals surface area contributed by atoms with Crippen LogP contribution in [0.3, 0.4) is 0 Å². The summed E-state index contributed by atoms with van der Waals surface area (Å²) < 4.78 is 2.40. The van der Waals surface area contributed by atoms with Gasteiger partial charge in [0.2, 0.25) is 0 Å². The zero-order valence-electron chi connectivity index (χ0n) is 16.1. The quantitative estimate of drug-likeness (QED) is 0.701. The highest BCUT2D eigenvalue weighted by Gasteiger charge is 2.20. The first-order valence-electron chi connectivity index (χ1n) is 9.31. The van der Waals surface area contributed by atoms with Crippen LogP contribution in [0.25, 0.3) is 22.7 Å². The maximum Gasteiger partial charge on any atom is 0.125 e. The van der Waals surface area contributed by atoms with Crippen LogP contribution in [0, 0.1) is 13.8 Å². The number of hydrogen-bond acceptors (Lipinski definition) is 3. The van der Waals surface area contributed by atoms with Gasteiger partial charge in [0.1, 0.15) is 5.82 Å². The first-order valence-corrected chi connectivity index (χ1v) is 9.31. The Morgan fingerprint density at radius 1 is 1.08 bits per heavy atom. The summed E-state index contributed by atoms with van der Waals surface area (Å²) in [5.41, 5.74) is 7.84. The van der Waals surface area contributed by atoms with E-state index in [0.29, 0.717) is 0 Å². The van der Waals surface area contributed by atoms with E-state index in [1.165, 1.54) is 33.3 Å². The third-order valence-corrected chi connectivity index (χ3v) is 5.41. The van der Waals surface area contributed by atoms with Crippen molar-refractivity contribution in [3.63, 3.8) is 0 Å². The van der Waals surface area contributed by atoms with Gasteiger partial charge in [0.05, 0.1) is 5.52 Å². The fraction of sp³-hybridized carbons (Fsp3) is 0.364. The van der Waals surface area contributed by atoms with Crippen LogP contribution in [0.1, 0.15) is 35.1 Å². The van der Waals surface area contributed by atoms with Gasteiger partial charge < -0.3 is 9.47 Å². The van der Waals surface area contributed by atoms with Gasteiger partial charge in [-0.1, -0.05) is 11.6 Å². The summed E-state index contributed by atoms with van der Waals surface area (Å²) in [6, 6.07) is 6.81. The number of aromatic nitrogens is 3. The Balaban J connectivity index is 1.89. The number of hydrogen-bond donors (Lipinski definition) is 0. The van der Waals surface area contributed by atoms with Crippen LogP contribution in [0.2, 0.25) is 0 Å². The van der Waals surface area contributed by atoms with E-state index in [2.05, 4.69) is 64.7 Å². The molecular formula is C22H26N4. The molecule has 2 aromatic heterocycles. The predicted molar refractivity (Wildman–Crippen MR) is 108 cm³/mol. The molecule has 134 valence electrons. The molecule has 3 heterocycles. The zero-order chi connectivity index (χ0) is 18.3. The van der Waals surface area contributed by atoms with Crippen molar-refractivity contribution in [2.24, 2.45) is 0 Å². The largest absolute Gasteiger partial charge is 0.320 e. The smallest absolute Gasteiger partial charge is 0.125 e. The van der Waals surface area contributed by atoms with Gasteiger partial charge in [0, 0.05) is 54.7 Å². The normalized spacial score (nSPS) is 15.9.